The Hall–Kier alpha value is 0.170. The lowest BCUT2D eigenvalue weighted by molar-refractivity contribution is -0.0977. The lowest BCUT2D eigenvalue weighted by Gasteiger charge is -2.49. The van der Waals surface area contributed by atoms with Crippen LogP contribution in [0.5, 0.6) is 0 Å². The maximum atomic E-state index is 9.14. The minimum Gasteiger partial charge on any atom is -0.393 e. The molecule has 2 rings (SSSR count). The van der Waals surface area contributed by atoms with Gasteiger partial charge in [0.25, 0.3) is 0 Å². The van der Waals surface area contributed by atoms with Crippen molar-refractivity contribution in [3.8, 4) is 0 Å². The van der Waals surface area contributed by atoms with Crippen molar-refractivity contribution in [2.75, 3.05) is 13.2 Å². The summed E-state index contributed by atoms with van der Waals surface area (Å²) in [5.74, 6) is 0. The Morgan fingerprint density at radius 2 is 2.17 bits per heavy atom. The van der Waals surface area contributed by atoms with Gasteiger partial charge >= 0.3 is 0 Å². The quantitative estimate of drug-likeness (QED) is 0.582. The highest BCUT2D eigenvalue weighted by molar-refractivity contribution is 5.85. The van der Waals surface area contributed by atoms with E-state index in [1.54, 1.807) is 0 Å². The molecule has 72 valence electrons. The Morgan fingerprint density at radius 1 is 1.50 bits per heavy atom. The Kier molecular flexibility index (Phi) is 2.99. The standard InChI is InChI=1S/C8H15NO2.ClH/c1-6-4-9-8(5-11-6)2-7(10)3-8;/h6-7,9-10H,2-5H2,1H3;1H/t6?,7-,8+;. The molecular formula is C8H16ClNO2. The summed E-state index contributed by atoms with van der Waals surface area (Å²) in [5, 5.41) is 12.6. The number of nitrogens with one attached hydrogen (secondary N) is 1. The molecular weight excluding hydrogens is 178 g/mol. The van der Waals surface area contributed by atoms with Gasteiger partial charge in [0.2, 0.25) is 0 Å². The van der Waals surface area contributed by atoms with E-state index < -0.39 is 0 Å². The molecule has 2 N–H and O–H groups in total. The molecule has 1 saturated carbocycles. The van der Waals surface area contributed by atoms with Crippen LogP contribution in [0.4, 0.5) is 0 Å². The van der Waals surface area contributed by atoms with E-state index in [1.807, 2.05) is 0 Å². The topological polar surface area (TPSA) is 41.5 Å². The number of ether oxygens (including phenoxy) is 1. The van der Waals surface area contributed by atoms with Gasteiger partial charge in [-0.1, -0.05) is 0 Å². The first-order valence-corrected chi connectivity index (χ1v) is 4.25. The summed E-state index contributed by atoms with van der Waals surface area (Å²) in [6, 6.07) is 0. The molecule has 0 amide bonds. The van der Waals surface area contributed by atoms with E-state index in [0.29, 0.717) is 6.10 Å². The Labute approximate surface area is 78.9 Å². The first kappa shape index (κ1) is 10.3. The molecule has 2 aliphatic rings. The monoisotopic (exact) mass is 193 g/mol. The summed E-state index contributed by atoms with van der Waals surface area (Å²) in [7, 11) is 0. The third-order valence-electron chi connectivity index (χ3n) is 2.66. The van der Waals surface area contributed by atoms with Gasteiger partial charge in [-0.2, -0.15) is 0 Å². The van der Waals surface area contributed by atoms with Gasteiger partial charge in [-0.15, -0.1) is 12.4 Å². The maximum Gasteiger partial charge on any atom is 0.0672 e. The van der Waals surface area contributed by atoms with Crippen molar-refractivity contribution in [2.24, 2.45) is 0 Å². The van der Waals surface area contributed by atoms with Gasteiger partial charge in [-0.25, -0.2) is 0 Å². The summed E-state index contributed by atoms with van der Waals surface area (Å²) >= 11 is 0. The van der Waals surface area contributed by atoms with Crippen molar-refractivity contribution in [1.82, 2.24) is 5.32 Å². The minimum atomic E-state index is -0.0977. The van der Waals surface area contributed by atoms with E-state index in [2.05, 4.69) is 12.2 Å². The fraction of sp³-hybridized carbons (Fsp3) is 1.00. The predicted molar refractivity (Wildman–Crippen MR) is 48.6 cm³/mol. The highest BCUT2D eigenvalue weighted by atomic mass is 35.5. The van der Waals surface area contributed by atoms with Crippen LogP contribution < -0.4 is 5.32 Å². The Balaban J connectivity index is 0.000000720. The van der Waals surface area contributed by atoms with Crippen molar-refractivity contribution in [3.05, 3.63) is 0 Å². The molecule has 1 saturated heterocycles. The van der Waals surface area contributed by atoms with Crippen LogP contribution in [-0.2, 0) is 4.74 Å². The van der Waals surface area contributed by atoms with Crippen LogP contribution in [0, 0.1) is 0 Å². The van der Waals surface area contributed by atoms with Crippen LogP contribution in [-0.4, -0.2) is 36.0 Å². The second kappa shape index (κ2) is 3.50. The van der Waals surface area contributed by atoms with Crippen LogP contribution >= 0.6 is 12.4 Å². The van der Waals surface area contributed by atoms with Crippen molar-refractivity contribution in [3.63, 3.8) is 0 Å². The minimum absolute atomic E-state index is 0. The fourth-order valence-electron chi connectivity index (χ4n) is 1.88. The highest BCUT2D eigenvalue weighted by Crippen LogP contribution is 2.34. The number of morpholine rings is 1. The number of aliphatic hydroxyl groups is 1. The van der Waals surface area contributed by atoms with Gasteiger partial charge in [-0.3, -0.25) is 0 Å². The number of halogens is 1. The van der Waals surface area contributed by atoms with Crippen LogP contribution in [0.3, 0.4) is 0 Å². The van der Waals surface area contributed by atoms with Crippen molar-refractivity contribution >= 4 is 12.4 Å². The van der Waals surface area contributed by atoms with Crippen LogP contribution in [0.15, 0.2) is 0 Å². The Bertz CT molecular complexity index is 149. The molecule has 1 unspecified atom stereocenters. The van der Waals surface area contributed by atoms with Crippen LogP contribution in [0.2, 0.25) is 0 Å². The molecule has 2 fully saturated rings. The van der Waals surface area contributed by atoms with E-state index in [1.165, 1.54) is 0 Å². The number of aliphatic hydroxyl groups excluding tert-OH is 1. The zero-order chi connectivity index (χ0) is 7.90. The first-order chi connectivity index (χ1) is 5.20. The van der Waals surface area contributed by atoms with E-state index in [-0.39, 0.29) is 24.0 Å². The smallest absolute Gasteiger partial charge is 0.0672 e. The second-order valence-corrected chi connectivity index (χ2v) is 3.84. The van der Waals surface area contributed by atoms with Crippen molar-refractivity contribution in [2.45, 2.75) is 37.5 Å². The lowest BCUT2D eigenvalue weighted by Crippen LogP contribution is -2.65. The zero-order valence-corrected chi connectivity index (χ0v) is 8.06. The predicted octanol–water partition coefficient (Wildman–Crippen LogP) is 0.310. The van der Waals surface area contributed by atoms with Crippen LogP contribution in [0.1, 0.15) is 19.8 Å². The van der Waals surface area contributed by atoms with E-state index in [0.717, 1.165) is 26.0 Å². The van der Waals surface area contributed by atoms with Gasteiger partial charge in [0.15, 0.2) is 0 Å². The first-order valence-electron chi connectivity index (χ1n) is 4.25. The normalized spacial score (nSPS) is 46.5. The zero-order valence-electron chi connectivity index (χ0n) is 7.25. The second-order valence-electron chi connectivity index (χ2n) is 3.84. The molecule has 1 aliphatic carbocycles. The molecule has 12 heavy (non-hydrogen) atoms. The van der Waals surface area contributed by atoms with Gasteiger partial charge in [-0.05, 0) is 19.8 Å². The summed E-state index contributed by atoms with van der Waals surface area (Å²) in [5.41, 5.74) is 0.131. The molecule has 1 heterocycles. The van der Waals surface area contributed by atoms with E-state index in [9.17, 15) is 0 Å². The molecule has 1 spiro atoms. The molecule has 4 heteroatoms. The molecule has 0 aromatic rings. The van der Waals surface area contributed by atoms with Gasteiger partial charge in [0.1, 0.15) is 0 Å². The fourth-order valence-corrected chi connectivity index (χ4v) is 1.88. The van der Waals surface area contributed by atoms with Gasteiger partial charge in [0.05, 0.1) is 18.8 Å². The summed E-state index contributed by atoms with van der Waals surface area (Å²) < 4.78 is 5.51. The third kappa shape index (κ3) is 1.74. The number of rotatable bonds is 0. The summed E-state index contributed by atoms with van der Waals surface area (Å²) in [6.07, 6.45) is 1.96. The van der Waals surface area contributed by atoms with Gasteiger partial charge < -0.3 is 15.2 Å². The largest absolute Gasteiger partial charge is 0.393 e. The SMILES string of the molecule is CC1CN[C@]2(CO1)C[C@H](O)C2.Cl. The van der Waals surface area contributed by atoms with Gasteiger partial charge in [0, 0.05) is 12.1 Å². The number of hydrogen-bond donors (Lipinski definition) is 2. The maximum absolute atomic E-state index is 9.14. The molecule has 3 nitrogen and oxygen atoms in total. The van der Waals surface area contributed by atoms with Crippen molar-refractivity contribution < 1.29 is 9.84 Å². The summed E-state index contributed by atoms with van der Waals surface area (Å²) in [6.45, 7) is 3.76. The average molecular weight is 194 g/mol. The third-order valence-corrected chi connectivity index (χ3v) is 2.66. The molecule has 0 aromatic carbocycles. The summed E-state index contributed by atoms with van der Waals surface area (Å²) in [4.78, 5) is 0. The average Bonchev–Trinajstić information content (AvgIpc) is 1.92. The molecule has 1 atom stereocenters. The number of hydrogen-bond acceptors (Lipinski definition) is 3. The molecule has 0 aromatic heterocycles. The Morgan fingerprint density at radius 3 is 2.58 bits per heavy atom. The van der Waals surface area contributed by atoms with Crippen molar-refractivity contribution in [1.29, 1.82) is 0 Å². The van der Waals surface area contributed by atoms with Crippen LogP contribution in [0.25, 0.3) is 0 Å². The van der Waals surface area contributed by atoms with E-state index in [4.69, 9.17) is 9.84 Å². The molecule has 0 bridgehead atoms. The highest BCUT2D eigenvalue weighted by Gasteiger charge is 2.45. The molecule has 0 radical (unpaired) electrons. The lowest BCUT2D eigenvalue weighted by atomic mass is 9.74. The molecule has 1 aliphatic heterocycles. The van der Waals surface area contributed by atoms with E-state index >= 15 is 0 Å².